The van der Waals surface area contributed by atoms with Crippen LogP contribution in [0.15, 0.2) is 73.1 Å². The number of ether oxygens (including phenoxy) is 2. The Morgan fingerprint density at radius 3 is 1.47 bits per heavy atom. The van der Waals surface area contributed by atoms with Gasteiger partial charge < -0.3 is 19.7 Å². The maximum absolute atomic E-state index is 10.0. The zero-order valence-electron chi connectivity index (χ0n) is 16.6. The maximum Gasteiger partial charge on any atom is 0.272 e. The monoisotopic (exact) mass is 412 g/mol. The minimum absolute atomic E-state index is 0.168. The van der Waals surface area contributed by atoms with Gasteiger partial charge in [0.15, 0.2) is 0 Å². The van der Waals surface area contributed by atoms with E-state index in [1.165, 1.54) is 0 Å². The second-order valence-electron chi connectivity index (χ2n) is 6.72. The van der Waals surface area contributed by atoms with Gasteiger partial charge >= 0.3 is 0 Å². The molecular formula is C22H28N4O4+2. The standard InChI is InChI=1S/C22H26N4O4/c27-17(13-25-21-5-1-3-11-23-21)15-29-19-7-9-20(10-8-19)30-16-18(28)14-26-22-6-2-4-12-24-22/h1-12,17-18,27-28H,13-16H2,(H,23,25)(H,24,26)/p+2/t17-,18+. The molecule has 2 aromatic heterocycles. The van der Waals surface area contributed by atoms with Gasteiger partial charge in [-0.1, -0.05) is 12.1 Å². The summed E-state index contributed by atoms with van der Waals surface area (Å²) in [7, 11) is 0. The summed E-state index contributed by atoms with van der Waals surface area (Å²) >= 11 is 0. The molecule has 3 aromatic rings. The van der Waals surface area contributed by atoms with Crippen LogP contribution in [0.3, 0.4) is 0 Å². The van der Waals surface area contributed by atoms with Gasteiger partial charge in [-0.3, -0.25) is 10.6 Å². The number of aliphatic hydroxyl groups is 2. The Morgan fingerprint density at radius 1 is 0.667 bits per heavy atom. The molecule has 0 radical (unpaired) electrons. The van der Waals surface area contributed by atoms with E-state index in [2.05, 4.69) is 20.6 Å². The maximum atomic E-state index is 10.0. The first-order valence-corrected chi connectivity index (χ1v) is 9.82. The first-order valence-electron chi connectivity index (χ1n) is 9.82. The first-order chi connectivity index (χ1) is 14.7. The molecule has 0 amide bonds. The van der Waals surface area contributed by atoms with Crippen molar-refractivity contribution >= 4 is 11.6 Å². The number of anilines is 2. The third-order valence-electron chi connectivity index (χ3n) is 4.18. The summed E-state index contributed by atoms with van der Waals surface area (Å²) in [6.45, 7) is 1.07. The lowest BCUT2D eigenvalue weighted by Gasteiger charge is -2.13. The largest absolute Gasteiger partial charge is 0.491 e. The molecule has 0 aliphatic carbocycles. The van der Waals surface area contributed by atoms with E-state index in [0.29, 0.717) is 24.6 Å². The Kier molecular flexibility index (Phi) is 8.25. The van der Waals surface area contributed by atoms with E-state index in [0.717, 1.165) is 11.6 Å². The molecule has 2 heterocycles. The van der Waals surface area contributed by atoms with Crippen LogP contribution in [-0.4, -0.2) is 48.7 Å². The molecule has 0 fully saturated rings. The Balaban J connectivity index is 1.33. The van der Waals surface area contributed by atoms with Gasteiger partial charge in [0.05, 0.1) is 12.4 Å². The van der Waals surface area contributed by atoms with Crippen molar-refractivity contribution in [3.63, 3.8) is 0 Å². The normalized spacial score (nSPS) is 12.6. The number of hydrogen-bond acceptors (Lipinski definition) is 6. The van der Waals surface area contributed by atoms with Crippen LogP contribution in [0.1, 0.15) is 0 Å². The molecule has 158 valence electrons. The van der Waals surface area contributed by atoms with Gasteiger partial charge in [-0.05, 0) is 36.4 Å². The predicted molar refractivity (Wildman–Crippen MR) is 112 cm³/mol. The fourth-order valence-electron chi connectivity index (χ4n) is 2.60. The van der Waals surface area contributed by atoms with E-state index in [-0.39, 0.29) is 13.2 Å². The molecule has 6 N–H and O–H groups in total. The summed E-state index contributed by atoms with van der Waals surface area (Å²) < 4.78 is 11.2. The van der Waals surface area contributed by atoms with Gasteiger partial charge in [0.1, 0.15) is 50.0 Å². The molecule has 3 rings (SSSR count). The molecule has 0 saturated heterocycles. The molecule has 1 aromatic carbocycles. The van der Waals surface area contributed by atoms with Crippen LogP contribution in [0, 0.1) is 0 Å². The van der Waals surface area contributed by atoms with Crippen LogP contribution < -0.4 is 30.1 Å². The zero-order valence-corrected chi connectivity index (χ0v) is 16.6. The van der Waals surface area contributed by atoms with Crippen LogP contribution in [0.5, 0.6) is 11.5 Å². The number of aromatic amines is 2. The molecule has 0 aliphatic heterocycles. The third kappa shape index (κ3) is 7.57. The molecular weight excluding hydrogens is 384 g/mol. The number of benzene rings is 1. The fraction of sp³-hybridized carbons (Fsp3) is 0.273. The topological polar surface area (TPSA) is 111 Å². The van der Waals surface area contributed by atoms with Crippen LogP contribution in [-0.2, 0) is 0 Å². The number of hydrogen-bond donors (Lipinski definition) is 4. The molecule has 0 aliphatic rings. The summed E-state index contributed by atoms with van der Waals surface area (Å²) in [4.78, 5) is 6.08. The second kappa shape index (κ2) is 11.6. The van der Waals surface area contributed by atoms with Crippen LogP contribution >= 0.6 is 0 Å². The van der Waals surface area contributed by atoms with Gasteiger partial charge in [0.2, 0.25) is 0 Å². The molecule has 30 heavy (non-hydrogen) atoms. The highest BCUT2D eigenvalue weighted by atomic mass is 16.5. The van der Waals surface area contributed by atoms with E-state index in [4.69, 9.17) is 9.47 Å². The van der Waals surface area contributed by atoms with Gasteiger partial charge in [-0.25, -0.2) is 9.97 Å². The Bertz CT molecular complexity index is 778. The lowest BCUT2D eigenvalue weighted by atomic mass is 10.3. The van der Waals surface area contributed by atoms with Crippen molar-refractivity contribution in [2.75, 3.05) is 36.9 Å². The Morgan fingerprint density at radius 2 is 1.10 bits per heavy atom. The predicted octanol–water partition coefficient (Wildman–Crippen LogP) is 1.02. The number of pyridine rings is 2. The second-order valence-corrected chi connectivity index (χ2v) is 6.72. The minimum atomic E-state index is -0.654. The third-order valence-corrected chi connectivity index (χ3v) is 4.18. The first kappa shape index (κ1) is 21.4. The quantitative estimate of drug-likeness (QED) is 0.353. The molecule has 2 atom stereocenters. The highest BCUT2D eigenvalue weighted by molar-refractivity contribution is 5.31. The van der Waals surface area contributed by atoms with Crippen molar-refractivity contribution in [3.8, 4) is 11.5 Å². The van der Waals surface area contributed by atoms with Crippen molar-refractivity contribution in [2.24, 2.45) is 0 Å². The van der Waals surface area contributed by atoms with Gasteiger partial charge in [0, 0.05) is 12.1 Å². The number of aromatic nitrogens is 2. The summed E-state index contributed by atoms with van der Waals surface area (Å²) in [5.74, 6) is 2.93. The molecule has 0 bridgehead atoms. The molecule has 0 spiro atoms. The number of H-pyrrole nitrogens is 2. The molecule has 8 heteroatoms. The lowest BCUT2D eigenvalue weighted by Crippen LogP contribution is -2.28. The van der Waals surface area contributed by atoms with E-state index < -0.39 is 12.2 Å². The summed E-state index contributed by atoms with van der Waals surface area (Å²) in [6, 6.07) is 18.4. The molecule has 8 nitrogen and oxygen atoms in total. The average Bonchev–Trinajstić information content (AvgIpc) is 2.80. The Hall–Kier alpha value is -3.36. The number of rotatable bonds is 12. The zero-order chi connectivity index (χ0) is 21.0. The van der Waals surface area contributed by atoms with Gasteiger partial charge in [-0.2, -0.15) is 0 Å². The van der Waals surface area contributed by atoms with E-state index in [1.54, 1.807) is 24.3 Å². The number of aliphatic hydroxyl groups excluding tert-OH is 2. The lowest BCUT2D eigenvalue weighted by molar-refractivity contribution is -0.361. The minimum Gasteiger partial charge on any atom is -0.491 e. The average molecular weight is 412 g/mol. The van der Waals surface area contributed by atoms with E-state index >= 15 is 0 Å². The smallest absolute Gasteiger partial charge is 0.272 e. The fourth-order valence-corrected chi connectivity index (χ4v) is 2.60. The van der Waals surface area contributed by atoms with Crippen molar-refractivity contribution in [2.45, 2.75) is 12.2 Å². The summed E-state index contributed by atoms with van der Waals surface area (Å²) in [6.07, 6.45) is 2.32. The molecule has 0 saturated carbocycles. The van der Waals surface area contributed by atoms with Crippen molar-refractivity contribution in [1.29, 1.82) is 0 Å². The van der Waals surface area contributed by atoms with Gasteiger partial charge in [-0.15, -0.1) is 0 Å². The van der Waals surface area contributed by atoms with E-state index in [9.17, 15) is 10.2 Å². The van der Waals surface area contributed by atoms with Crippen LogP contribution in [0.25, 0.3) is 0 Å². The number of nitrogens with one attached hydrogen (secondary N) is 4. The highest BCUT2D eigenvalue weighted by Crippen LogP contribution is 2.18. The Labute approximate surface area is 175 Å². The SMILES string of the molecule is O[C@H](CNc1cccc[nH+]1)COc1ccc(OC[C@@H](O)CNc2cccc[nH+]2)cc1. The van der Waals surface area contributed by atoms with Crippen molar-refractivity contribution in [1.82, 2.24) is 0 Å². The highest BCUT2D eigenvalue weighted by Gasteiger charge is 2.11. The van der Waals surface area contributed by atoms with Crippen LogP contribution in [0.2, 0.25) is 0 Å². The molecule has 0 unspecified atom stereocenters. The van der Waals surface area contributed by atoms with Crippen molar-refractivity contribution in [3.05, 3.63) is 73.1 Å². The van der Waals surface area contributed by atoms with E-state index in [1.807, 2.05) is 48.8 Å². The summed E-state index contributed by atoms with van der Waals surface area (Å²) in [5, 5.41) is 26.3. The van der Waals surface area contributed by atoms with Crippen LogP contribution in [0.4, 0.5) is 11.6 Å². The summed E-state index contributed by atoms with van der Waals surface area (Å²) in [5.41, 5.74) is 0. The van der Waals surface area contributed by atoms with Crippen molar-refractivity contribution < 1.29 is 29.7 Å². The van der Waals surface area contributed by atoms with Gasteiger partial charge in [0.25, 0.3) is 11.6 Å².